The Labute approximate surface area is 114 Å². The van der Waals surface area contributed by atoms with Gasteiger partial charge in [0.25, 0.3) is 0 Å². The minimum absolute atomic E-state index is 0.498. The molecule has 0 amide bonds. The van der Waals surface area contributed by atoms with Crippen molar-refractivity contribution in [3.05, 3.63) is 18.0 Å². The van der Waals surface area contributed by atoms with Crippen molar-refractivity contribution in [1.82, 2.24) is 15.3 Å². The molecule has 5 heteroatoms. The van der Waals surface area contributed by atoms with Gasteiger partial charge in [-0.25, -0.2) is 9.97 Å². The van der Waals surface area contributed by atoms with Gasteiger partial charge in [-0.3, -0.25) is 0 Å². The topological polar surface area (TPSA) is 49.8 Å². The maximum absolute atomic E-state index is 5.30. The van der Waals surface area contributed by atoms with E-state index in [1.54, 1.807) is 6.20 Å². The maximum atomic E-state index is 5.30. The second-order valence-electron chi connectivity index (χ2n) is 4.81. The molecule has 1 aliphatic rings. The summed E-state index contributed by atoms with van der Waals surface area (Å²) >= 11 is 5.30. The van der Waals surface area contributed by atoms with Gasteiger partial charge in [-0.1, -0.05) is 25.7 Å². The van der Waals surface area contributed by atoms with Crippen LogP contribution in [0.1, 0.15) is 44.2 Å². The molecule has 1 heterocycles. The highest BCUT2D eigenvalue weighted by atomic mass is 32.1. The molecule has 0 aliphatic heterocycles. The Morgan fingerprint density at radius 2 is 2.00 bits per heavy atom. The van der Waals surface area contributed by atoms with Crippen molar-refractivity contribution in [2.45, 2.75) is 51.5 Å². The first-order chi connectivity index (χ1) is 8.74. The largest absolute Gasteiger partial charge is 0.360 e. The number of aromatic nitrogens is 2. The third-order valence-corrected chi connectivity index (χ3v) is 3.43. The van der Waals surface area contributed by atoms with Crippen LogP contribution in [0, 0.1) is 6.92 Å². The van der Waals surface area contributed by atoms with Crippen molar-refractivity contribution in [2.24, 2.45) is 0 Å². The fourth-order valence-electron chi connectivity index (χ4n) is 2.26. The summed E-state index contributed by atoms with van der Waals surface area (Å²) in [5, 5.41) is 7.05. The average Bonchev–Trinajstić information content (AvgIpc) is 2.57. The fourth-order valence-corrected chi connectivity index (χ4v) is 2.51. The molecule has 2 rings (SSSR count). The highest BCUT2D eigenvalue weighted by Gasteiger charge is 2.13. The van der Waals surface area contributed by atoms with E-state index in [1.165, 1.54) is 38.5 Å². The summed E-state index contributed by atoms with van der Waals surface area (Å²) in [6.45, 7) is 1.94. The highest BCUT2D eigenvalue weighted by molar-refractivity contribution is 7.80. The van der Waals surface area contributed by atoms with Crippen LogP contribution in [0.4, 0.5) is 5.95 Å². The van der Waals surface area contributed by atoms with Crippen LogP contribution in [0.2, 0.25) is 0 Å². The van der Waals surface area contributed by atoms with Crippen molar-refractivity contribution in [1.29, 1.82) is 0 Å². The first kappa shape index (κ1) is 13.2. The Kier molecular flexibility index (Phi) is 4.87. The van der Waals surface area contributed by atoms with Crippen LogP contribution in [0.3, 0.4) is 0 Å². The lowest BCUT2D eigenvalue weighted by Gasteiger charge is -2.18. The van der Waals surface area contributed by atoms with Crippen LogP contribution in [-0.4, -0.2) is 21.1 Å². The fraction of sp³-hybridized carbons (Fsp3) is 0.615. The number of aryl methyl sites for hydroxylation is 1. The molecular formula is C13H20N4S. The molecule has 0 saturated heterocycles. The predicted molar refractivity (Wildman–Crippen MR) is 77.6 cm³/mol. The number of hydrogen-bond acceptors (Lipinski definition) is 3. The minimum Gasteiger partial charge on any atom is -0.360 e. The van der Waals surface area contributed by atoms with Crippen molar-refractivity contribution in [3.63, 3.8) is 0 Å². The number of hydrogen-bond donors (Lipinski definition) is 2. The zero-order valence-corrected chi connectivity index (χ0v) is 11.6. The standard InChI is InChI=1S/C13H20N4S/c1-10-8-9-14-12(15-10)17-13(18)16-11-6-4-2-3-5-7-11/h8-9,11H,2-7H2,1H3,(H2,14,15,16,17,18). The number of anilines is 1. The van der Waals surface area contributed by atoms with Crippen molar-refractivity contribution >= 4 is 23.3 Å². The quantitative estimate of drug-likeness (QED) is 0.635. The Morgan fingerprint density at radius 1 is 1.28 bits per heavy atom. The third kappa shape index (κ3) is 4.22. The molecule has 0 atom stereocenters. The maximum Gasteiger partial charge on any atom is 0.229 e. The second-order valence-corrected chi connectivity index (χ2v) is 5.22. The lowest BCUT2D eigenvalue weighted by atomic mass is 10.1. The van der Waals surface area contributed by atoms with Gasteiger partial charge in [-0.15, -0.1) is 0 Å². The van der Waals surface area contributed by atoms with E-state index in [2.05, 4.69) is 20.6 Å². The molecule has 1 aliphatic carbocycles. The minimum atomic E-state index is 0.498. The van der Waals surface area contributed by atoms with Gasteiger partial charge in [-0.2, -0.15) is 0 Å². The zero-order valence-electron chi connectivity index (χ0n) is 10.8. The molecule has 98 valence electrons. The van der Waals surface area contributed by atoms with Crippen LogP contribution in [0.15, 0.2) is 12.3 Å². The molecule has 0 bridgehead atoms. The number of nitrogens with zero attached hydrogens (tertiary/aromatic N) is 2. The van der Waals surface area contributed by atoms with E-state index in [-0.39, 0.29) is 0 Å². The van der Waals surface area contributed by atoms with Crippen molar-refractivity contribution in [3.8, 4) is 0 Å². The zero-order chi connectivity index (χ0) is 12.8. The first-order valence-corrected chi connectivity index (χ1v) is 7.02. The Morgan fingerprint density at radius 3 is 2.67 bits per heavy atom. The normalized spacial score (nSPS) is 16.9. The lowest BCUT2D eigenvalue weighted by Crippen LogP contribution is -2.37. The third-order valence-electron chi connectivity index (χ3n) is 3.21. The van der Waals surface area contributed by atoms with Gasteiger partial charge in [0.1, 0.15) is 0 Å². The summed E-state index contributed by atoms with van der Waals surface area (Å²) < 4.78 is 0. The molecule has 1 aromatic rings. The van der Waals surface area contributed by atoms with E-state index in [0.29, 0.717) is 17.1 Å². The van der Waals surface area contributed by atoms with E-state index in [1.807, 2.05) is 13.0 Å². The Hall–Kier alpha value is -1.23. The molecule has 0 spiro atoms. The van der Waals surface area contributed by atoms with Crippen LogP contribution in [-0.2, 0) is 0 Å². The van der Waals surface area contributed by atoms with Gasteiger partial charge >= 0.3 is 0 Å². The molecular weight excluding hydrogens is 244 g/mol. The Balaban J connectivity index is 1.84. The molecule has 0 radical (unpaired) electrons. The lowest BCUT2D eigenvalue weighted by molar-refractivity contribution is 0.535. The summed E-state index contributed by atoms with van der Waals surface area (Å²) in [4.78, 5) is 8.42. The van der Waals surface area contributed by atoms with Crippen LogP contribution in [0.25, 0.3) is 0 Å². The average molecular weight is 264 g/mol. The van der Waals surface area contributed by atoms with E-state index in [9.17, 15) is 0 Å². The summed E-state index contributed by atoms with van der Waals surface area (Å²) in [6, 6.07) is 2.37. The molecule has 2 N–H and O–H groups in total. The Bertz CT molecular complexity index is 400. The molecule has 1 saturated carbocycles. The molecule has 18 heavy (non-hydrogen) atoms. The summed E-state index contributed by atoms with van der Waals surface area (Å²) in [7, 11) is 0. The van der Waals surface area contributed by atoms with Crippen molar-refractivity contribution in [2.75, 3.05) is 5.32 Å². The first-order valence-electron chi connectivity index (χ1n) is 6.61. The van der Waals surface area contributed by atoms with E-state index in [0.717, 1.165) is 5.69 Å². The van der Waals surface area contributed by atoms with Gasteiger partial charge < -0.3 is 10.6 Å². The molecule has 1 fully saturated rings. The smallest absolute Gasteiger partial charge is 0.229 e. The van der Waals surface area contributed by atoms with Gasteiger partial charge in [0.2, 0.25) is 5.95 Å². The van der Waals surface area contributed by atoms with Crippen molar-refractivity contribution < 1.29 is 0 Å². The monoisotopic (exact) mass is 264 g/mol. The molecule has 1 aromatic heterocycles. The molecule has 0 aromatic carbocycles. The van der Waals surface area contributed by atoms with Crippen LogP contribution in [0.5, 0.6) is 0 Å². The summed E-state index contributed by atoms with van der Waals surface area (Å²) in [6.07, 6.45) is 9.42. The number of thiocarbonyl (C=S) groups is 1. The highest BCUT2D eigenvalue weighted by Crippen LogP contribution is 2.17. The van der Waals surface area contributed by atoms with Crippen LogP contribution >= 0.6 is 12.2 Å². The SMILES string of the molecule is Cc1ccnc(NC(=S)NC2CCCCCC2)n1. The van der Waals surface area contributed by atoms with E-state index >= 15 is 0 Å². The molecule has 4 nitrogen and oxygen atoms in total. The van der Waals surface area contributed by atoms with Gasteiger partial charge in [0.15, 0.2) is 5.11 Å². The predicted octanol–water partition coefficient (Wildman–Crippen LogP) is 2.79. The van der Waals surface area contributed by atoms with E-state index < -0.39 is 0 Å². The summed E-state index contributed by atoms with van der Waals surface area (Å²) in [5.41, 5.74) is 0.935. The van der Waals surface area contributed by atoms with Gasteiger partial charge in [0, 0.05) is 17.9 Å². The summed E-state index contributed by atoms with van der Waals surface area (Å²) in [5.74, 6) is 0.570. The number of rotatable bonds is 2. The van der Waals surface area contributed by atoms with Crippen LogP contribution < -0.4 is 10.6 Å². The van der Waals surface area contributed by atoms with E-state index in [4.69, 9.17) is 12.2 Å². The van der Waals surface area contributed by atoms with Gasteiger partial charge in [-0.05, 0) is 38.0 Å². The number of nitrogens with one attached hydrogen (secondary N) is 2. The van der Waals surface area contributed by atoms with Gasteiger partial charge in [0.05, 0.1) is 0 Å². The second kappa shape index (κ2) is 6.64. The molecule has 0 unspecified atom stereocenters.